The fraction of sp³-hybridized carbons (Fsp3) is 0.952. The summed E-state index contributed by atoms with van der Waals surface area (Å²) in [4.78, 5) is 10.5. The van der Waals surface area contributed by atoms with Crippen LogP contribution in [0, 0.1) is 5.92 Å². The van der Waals surface area contributed by atoms with Gasteiger partial charge in [0, 0.05) is 12.3 Å². The molecule has 1 fully saturated rings. The van der Waals surface area contributed by atoms with Gasteiger partial charge in [-0.2, -0.15) is 0 Å². The van der Waals surface area contributed by atoms with E-state index in [1.54, 1.807) is 0 Å². The van der Waals surface area contributed by atoms with Crippen LogP contribution in [0.2, 0.25) is 0 Å². The molecule has 1 aliphatic heterocycles. The van der Waals surface area contributed by atoms with Crippen LogP contribution in [0.4, 0.5) is 0 Å². The Morgan fingerprint density at radius 2 is 1.35 bits per heavy atom. The third kappa shape index (κ3) is 12.7. The largest absolute Gasteiger partial charge is 0.481 e. The van der Waals surface area contributed by atoms with Crippen molar-refractivity contribution in [3.05, 3.63) is 0 Å². The molecule has 0 aliphatic carbocycles. The van der Waals surface area contributed by atoms with Gasteiger partial charge in [-0.3, -0.25) is 4.79 Å². The molecule has 1 aliphatic rings. The van der Waals surface area contributed by atoms with Gasteiger partial charge in [0.2, 0.25) is 0 Å². The summed E-state index contributed by atoms with van der Waals surface area (Å²) in [6.07, 6.45) is 17.0. The molecule has 5 heteroatoms. The highest BCUT2D eigenvalue weighted by Crippen LogP contribution is 2.26. The minimum Gasteiger partial charge on any atom is -0.481 e. The summed E-state index contributed by atoms with van der Waals surface area (Å²) in [7, 11) is 0. The second kappa shape index (κ2) is 16.5. The lowest BCUT2D eigenvalue weighted by Gasteiger charge is -2.30. The van der Waals surface area contributed by atoms with Crippen molar-refractivity contribution in [2.45, 2.75) is 110 Å². The molecule has 1 atom stereocenters. The second-order valence-corrected chi connectivity index (χ2v) is 7.51. The molecule has 0 saturated carbocycles. The van der Waals surface area contributed by atoms with Gasteiger partial charge >= 0.3 is 5.97 Å². The molecule has 154 valence electrons. The lowest BCUT2D eigenvalue weighted by atomic mass is 9.93. The molecule has 0 aromatic carbocycles. The van der Waals surface area contributed by atoms with Gasteiger partial charge < -0.3 is 19.3 Å². The van der Waals surface area contributed by atoms with Crippen LogP contribution in [0.15, 0.2) is 0 Å². The van der Waals surface area contributed by atoms with E-state index in [9.17, 15) is 4.79 Å². The number of ether oxygens (including phenoxy) is 3. The molecule has 26 heavy (non-hydrogen) atoms. The van der Waals surface area contributed by atoms with Crippen molar-refractivity contribution in [2.24, 2.45) is 5.92 Å². The Bertz CT molecular complexity index is 328. The molecule has 1 N–H and O–H groups in total. The summed E-state index contributed by atoms with van der Waals surface area (Å²) >= 11 is 0. The minimum absolute atomic E-state index is 0.0917. The Labute approximate surface area is 159 Å². The fourth-order valence-electron chi connectivity index (χ4n) is 3.58. The predicted molar refractivity (Wildman–Crippen MR) is 103 cm³/mol. The monoisotopic (exact) mass is 372 g/mol. The molecule has 0 radical (unpaired) electrons. The number of aliphatic carboxylic acids is 1. The van der Waals surface area contributed by atoms with Crippen molar-refractivity contribution in [3.63, 3.8) is 0 Å². The lowest BCUT2D eigenvalue weighted by molar-refractivity contribution is -0.315. The minimum atomic E-state index is -0.678. The summed E-state index contributed by atoms with van der Waals surface area (Å²) in [5.74, 6) is -0.195. The normalized spacial score (nSPS) is 16.7. The quantitative estimate of drug-likeness (QED) is 0.324. The first-order valence-corrected chi connectivity index (χ1v) is 10.8. The average molecular weight is 373 g/mol. The van der Waals surface area contributed by atoms with Crippen LogP contribution < -0.4 is 0 Å². The highest BCUT2D eigenvalue weighted by molar-refractivity contribution is 5.66. The van der Waals surface area contributed by atoms with Crippen molar-refractivity contribution < 1.29 is 24.1 Å². The first-order chi connectivity index (χ1) is 12.7. The fourth-order valence-corrected chi connectivity index (χ4v) is 3.58. The number of rotatable bonds is 17. The van der Waals surface area contributed by atoms with Crippen molar-refractivity contribution >= 4 is 5.97 Å². The second-order valence-electron chi connectivity index (χ2n) is 7.51. The Morgan fingerprint density at radius 3 is 1.88 bits per heavy atom. The lowest BCUT2D eigenvalue weighted by Crippen LogP contribution is -2.33. The maximum atomic E-state index is 10.5. The van der Waals surface area contributed by atoms with E-state index >= 15 is 0 Å². The number of carbonyl (C=O) groups is 1. The summed E-state index contributed by atoms with van der Waals surface area (Å²) in [6, 6.07) is 0. The smallest absolute Gasteiger partial charge is 0.303 e. The Morgan fingerprint density at radius 1 is 0.846 bits per heavy atom. The molecular weight excluding hydrogens is 332 g/mol. The SMILES string of the molecule is CCCCCCCC(CCCCCCCCCC(=O)O)C1OCOCO1. The van der Waals surface area contributed by atoms with Gasteiger partial charge in [0.1, 0.15) is 0 Å². The zero-order valence-corrected chi connectivity index (χ0v) is 16.8. The van der Waals surface area contributed by atoms with E-state index < -0.39 is 5.97 Å². The topological polar surface area (TPSA) is 65.0 Å². The molecule has 0 spiro atoms. The predicted octanol–water partition coefficient (Wildman–Crippen LogP) is 5.86. The summed E-state index contributed by atoms with van der Waals surface area (Å²) in [6.45, 7) is 2.96. The van der Waals surface area contributed by atoms with Crippen LogP contribution in [0.25, 0.3) is 0 Å². The van der Waals surface area contributed by atoms with Crippen molar-refractivity contribution in [3.8, 4) is 0 Å². The van der Waals surface area contributed by atoms with Crippen LogP contribution in [0.3, 0.4) is 0 Å². The third-order valence-electron chi connectivity index (χ3n) is 5.16. The van der Waals surface area contributed by atoms with Gasteiger partial charge in [0.25, 0.3) is 0 Å². The third-order valence-corrected chi connectivity index (χ3v) is 5.16. The maximum absolute atomic E-state index is 10.5. The summed E-state index contributed by atoms with van der Waals surface area (Å²) < 4.78 is 16.5. The molecule has 1 unspecified atom stereocenters. The Kier molecular flexibility index (Phi) is 14.9. The number of hydrogen-bond donors (Lipinski definition) is 1. The van der Waals surface area contributed by atoms with Gasteiger partial charge in [0.05, 0.1) is 0 Å². The van der Waals surface area contributed by atoms with Gasteiger partial charge in [-0.1, -0.05) is 77.6 Å². The molecule has 0 amide bonds. The van der Waals surface area contributed by atoms with Crippen LogP contribution >= 0.6 is 0 Å². The van der Waals surface area contributed by atoms with Gasteiger partial charge in [-0.05, 0) is 19.3 Å². The standard InChI is InChI=1S/C21H40O5/c1-2-3-4-8-11-14-19(21-25-17-24-18-26-21)15-12-9-6-5-7-10-13-16-20(22)23/h19,21H,2-18H2,1H3,(H,22,23). The molecule has 0 aromatic rings. The molecule has 1 heterocycles. The molecule has 1 saturated heterocycles. The van der Waals surface area contributed by atoms with Crippen LogP contribution in [-0.2, 0) is 19.0 Å². The average Bonchev–Trinajstić information content (AvgIpc) is 2.65. The Hall–Kier alpha value is -0.650. The zero-order valence-electron chi connectivity index (χ0n) is 16.8. The van der Waals surface area contributed by atoms with Crippen molar-refractivity contribution in [2.75, 3.05) is 13.6 Å². The van der Waals surface area contributed by atoms with Gasteiger partial charge in [-0.25, -0.2) is 0 Å². The van der Waals surface area contributed by atoms with Crippen LogP contribution in [0.1, 0.15) is 103 Å². The number of carboxylic acids is 1. The van der Waals surface area contributed by atoms with E-state index in [2.05, 4.69) is 6.92 Å². The van der Waals surface area contributed by atoms with E-state index in [4.69, 9.17) is 19.3 Å². The molecule has 0 aromatic heterocycles. The molecule has 1 rings (SSSR count). The van der Waals surface area contributed by atoms with Crippen LogP contribution in [0.5, 0.6) is 0 Å². The first-order valence-electron chi connectivity index (χ1n) is 10.8. The summed E-state index contributed by atoms with van der Waals surface area (Å²) in [5, 5.41) is 8.62. The molecular formula is C21H40O5. The van der Waals surface area contributed by atoms with Gasteiger partial charge in [0.15, 0.2) is 19.9 Å². The van der Waals surface area contributed by atoms with Crippen molar-refractivity contribution in [1.82, 2.24) is 0 Å². The van der Waals surface area contributed by atoms with Gasteiger partial charge in [-0.15, -0.1) is 0 Å². The summed E-state index contributed by atoms with van der Waals surface area (Å²) in [5.41, 5.74) is 0. The van der Waals surface area contributed by atoms with E-state index in [1.807, 2.05) is 0 Å². The van der Waals surface area contributed by atoms with E-state index in [0.29, 0.717) is 25.9 Å². The maximum Gasteiger partial charge on any atom is 0.303 e. The van der Waals surface area contributed by atoms with Crippen LogP contribution in [-0.4, -0.2) is 31.0 Å². The van der Waals surface area contributed by atoms with Crippen molar-refractivity contribution in [1.29, 1.82) is 0 Å². The highest BCUT2D eigenvalue weighted by atomic mass is 16.8. The number of carboxylic acid groups (broad SMARTS) is 1. The molecule has 0 bridgehead atoms. The van der Waals surface area contributed by atoms with E-state index in [0.717, 1.165) is 25.7 Å². The zero-order chi connectivity index (χ0) is 18.9. The molecule has 5 nitrogen and oxygen atoms in total. The first kappa shape index (κ1) is 23.4. The number of unbranched alkanes of at least 4 members (excludes halogenated alkanes) is 10. The van der Waals surface area contributed by atoms with E-state index in [-0.39, 0.29) is 6.29 Å². The van der Waals surface area contributed by atoms with E-state index in [1.165, 1.54) is 64.2 Å². The number of hydrogen-bond acceptors (Lipinski definition) is 4. The highest BCUT2D eigenvalue weighted by Gasteiger charge is 2.25. The Balaban J connectivity index is 2.10.